The maximum atomic E-state index is 10.5. The van der Waals surface area contributed by atoms with E-state index in [1.54, 1.807) is 0 Å². The average molecular weight is 154 g/mol. The Morgan fingerprint density at radius 3 is 2.73 bits per heavy atom. The summed E-state index contributed by atoms with van der Waals surface area (Å²) in [6.45, 7) is 7.46. The number of allylic oxidation sites excluding steroid dienone is 1. The Bertz CT molecular complexity index is 157. The van der Waals surface area contributed by atoms with Crippen LogP contribution in [0.25, 0.3) is 0 Å². The van der Waals surface area contributed by atoms with Gasteiger partial charge >= 0.3 is 5.97 Å². The standard InChI is InChI=1S/C9H14O2/c1-4-9(10)11-7-5-6-8(2)3/h4-5,7-8H,1,6H2,2-3H3. The number of hydrogen-bond acceptors (Lipinski definition) is 2. The molecule has 0 heterocycles. The van der Waals surface area contributed by atoms with Crippen molar-refractivity contribution in [3.05, 3.63) is 25.0 Å². The van der Waals surface area contributed by atoms with Gasteiger partial charge in [0, 0.05) is 6.08 Å². The molecule has 0 aromatic heterocycles. The number of hydrogen-bond donors (Lipinski definition) is 0. The normalized spacial score (nSPS) is 10.5. The molecule has 2 nitrogen and oxygen atoms in total. The Labute approximate surface area is 67.6 Å². The number of ether oxygens (including phenoxy) is 1. The highest BCUT2D eigenvalue weighted by molar-refractivity contribution is 5.81. The van der Waals surface area contributed by atoms with Crippen LogP contribution in [0.2, 0.25) is 0 Å². The van der Waals surface area contributed by atoms with Crippen molar-refractivity contribution in [3.63, 3.8) is 0 Å². The van der Waals surface area contributed by atoms with Crippen molar-refractivity contribution in [1.82, 2.24) is 0 Å². The molecule has 0 radical (unpaired) electrons. The van der Waals surface area contributed by atoms with Crippen molar-refractivity contribution in [2.75, 3.05) is 0 Å². The zero-order chi connectivity index (χ0) is 8.69. The van der Waals surface area contributed by atoms with Crippen LogP contribution in [-0.2, 0) is 9.53 Å². The highest BCUT2D eigenvalue weighted by Crippen LogP contribution is 1.99. The van der Waals surface area contributed by atoms with Crippen molar-refractivity contribution < 1.29 is 9.53 Å². The van der Waals surface area contributed by atoms with Gasteiger partial charge in [-0.25, -0.2) is 4.79 Å². The van der Waals surface area contributed by atoms with Crippen LogP contribution in [-0.4, -0.2) is 5.97 Å². The number of carbonyl (C=O) groups excluding carboxylic acids is 1. The minimum atomic E-state index is -0.412. The van der Waals surface area contributed by atoms with E-state index in [0.29, 0.717) is 5.92 Å². The summed E-state index contributed by atoms with van der Waals surface area (Å²) < 4.78 is 4.60. The number of rotatable bonds is 4. The quantitative estimate of drug-likeness (QED) is 0.353. The van der Waals surface area contributed by atoms with Gasteiger partial charge in [0.15, 0.2) is 0 Å². The third-order valence-electron chi connectivity index (χ3n) is 1.05. The molecule has 0 spiro atoms. The van der Waals surface area contributed by atoms with E-state index >= 15 is 0 Å². The first-order valence-electron chi connectivity index (χ1n) is 3.65. The molecule has 0 saturated carbocycles. The van der Waals surface area contributed by atoms with Crippen LogP contribution >= 0.6 is 0 Å². The fourth-order valence-corrected chi connectivity index (χ4v) is 0.491. The molecule has 0 unspecified atom stereocenters. The molecule has 62 valence electrons. The zero-order valence-electron chi connectivity index (χ0n) is 7.04. The molecular weight excluding hydrogens is 140 g/mol. The smallest absolute Gasteiger partial charge is 0.334 e. The summed E-state index contributed by atoms with van der Waals surface area (Å²) in [5.41, 5.74) is 0. The first kappa shape index (κ1) is 9.95. The lowest BCUT2D eigenvalue weighted by molar-refractivity contribution is -0.132. The lowest BCUT2D eigenvalue weighted by Gasteiger charge is -1.96. The molecule has 0 aromatic carbocycles. The Kier molecular flexibility index (Phi) is 5.17. The van der Waals surface area contributed by atoms with Crippen LogP contribution in [0.15, 0.2) is 25.0 Å². The van der Waals surface area contributed by atoms with E-state index in [9.17, 15) is 4.79 Å². The van der Waals surface area contributed by atoms with Gasteiger partial charge in [0.1, 0.15) is 0 Å². The Balaban J connectivity index is 3.44. The van der Waals surface area contributed by atoms with E-state index in [2.05, 4.69) is 25.2 Å². The topological polar surface area (TPSA) is 26.3 Å². The molecular formula is C9H14O2. The maximum Gasteiger partial charge on any atom is 0.334 e. The lowest BCUT2D eigenvalue weighted by atomic mass is 10.1. The van der Waals surface area contributed by atoms with Gasteiger partial charge in [-0.1, -0.05) is 20.4 Å². The van der Waals surface area contributed by atoms with Crippen molar-refractivity contribution in [2.45, 2.75) is 20.3 Å². The van der Waals surface area contributed by atoms with Crippen LogP contribution in [0, 0.1) is 5.92 Å². The molecule has 0 aliphatic rings. The summed E-state index contributed by atoms with van der Waals surface area (Å²) in [5, 5.41) is 0. The summed E-state index contributed by atoms with van der Waals surface area (Å²) >= 11 is 0. The molecule has 2 heteroatoms. The van der Waals surface area contributed by atoms with E-state index in [1.165, 1.54) is 6.26 Å². The Morgan fingerprint density at radius 2 is 2.27 bits per heavy atom. The van der Waals surface area contributed by atoms with E-state index in [0.717, 1.165) is 12.5 Å². The van der Waals surface area contributed by atoms with Crippen molar-refractivity contribution >= 4 is 5.97 Å². The van der Waals surface area contributed by atoms with Crippen LogP contribution in [0.5, 0.6) is 0 Å². The summed E-state index contributed by atoms with van der Waals surface area (Å²) in [5.74, 6) is 0.179. The second-order valence-electron chi connectivity index (χ2n) is 2.64. The van der Waals surface area contributed by atoms with Gasteiger partial charge < -0.3 is 4.74 Å². The van der Waals surface area contributed by atoms with Gasteiger partial charge in [-0.05, 0) is 18.4 Å². The Morgan fingerprint density at radius 1 is 1.64 bits per heavy atom. The van der Waals surface area contributed by atoms with Gasteiger partial charge in [-0.15, -0.1) is 0 Å². The van der Waals surface area contributed by atoms with E-state index in [-0.39, 0.29) is 0 Å². The second-order valence-corrected chi connectivity index (χ2v) is 2.64. The van der Waals surface area contributed by atoms with E-state index in [4.69, 9.17) is 0 Å². The zero-order valence-corrected chi connectivity index (χ0v) is 7.04. The predicted octanol–water partition coefficient (Wildman–Crippen LogP) is 2.28. The molecule has 11 heavy (non-hydrogen) atoms. The SMILES string of the molecule is C=CC(=O)OC=CCC(C)C. The highest BCUT2D eigenvalue weighted by atomic mass is 16.5. The molecule has 0 aromatic rings. The van der Waals surface area contributed by atoms with Gasteiger partial charge in [0.2, 0.25) is 0 Å². The lowest BCUT2D eigenvalue weighted by Crippen LogP contribution is -1.92. The summed E-state index contributed by atoms with van der Waals surface area (Å²) in [6, 6.07) is 0. The van der Waals surface area contributed by atoms with E-state index < -0.39 is 5.97 Å². The molecule has 0 aliphatic carbocycles. The summed E-state index contributed by atoms with van der Waals surface area (Å²) in [6.07, 6.45) is 5.29. The second kappa shape index (κ2) is 5.71. The molecule has 0 N–H and O–H groups in total. The first-order valence-corrected chi connectivity index (χ1v) is 3.65. The van der Waals surface area contributed by atoms with E-state index in [1.807, 2.05) is 6.08 Å². The van der Waals surface area contributed by atoms with Gasteiger partial charge in [0.25, 0.3) is 0 Å². The molecule has 0 bridgehead atoms. The molecule has 0 amide bonds. The number of carbonyl (C=O) groups is 1. The number of esters is 1. The highest BCUT2D eigenvalue weighted by Gasteiger charge is 1.90. The third-order valence-corrected chi connectivity index (χ3v) is 1.05. The van der Waals surface area contributed by atoms with Crippen LogP contribution in [0.1, 0.15) is 20.3 Å². The third kappa shape index (κ3) is 6.84. The fraction of sp³-hybridized carbons (Fsp3) is 0.444. The minimum absolute atomic E-state index is 0.412. The molecule has 0 saturated heterocycles. The molecule has 0 rings (SSSR count). The van der Waals surface area contributed by atoms with Crippen LogP contribution in [0.4, 0.5) is 0 Å². The van der Waals surface area contributed by atoms with Crippen LogP contribution < -0.4 is 0 Å². The Hall–Kier alpha value is -1.05. The molecule has 0 atom stereocenters. The van der Waals surface area contributed by atoms with Crippen LogP contribution in [0.3, 0.4) is 0 Å². The summed E-state index contributed by atoms with van der Waals surface area (Å²) in [4.78, 5) is 10.5. The van der Waals surface area contributed by atoms with Crippen molar-refractivity contribution in [1.29, 1.82) is 0 Å². The first-order chi connectivity index (χ1) is 5.16. The molecule has 0 fully saturated rings. The average Bonchev–Trinajstić information content (AvgIpc) is 1.97. The van der Waals surface area contributed by atoms with Crippen molar-refractivity contribution in [3.8, 4) is 0 Å². The summed E-state index contributed by atoms with van der Waals surface area (Å²) in [7, 11) is 0. The van der Waals surface area contributed by atoms with Crippen molar-refractivity contribution in [2.24, 2.45) is 5.92 Å². The molecule has 0 aliphatic heterocycles. The maximum absolute atomic E-state index is 10.5. The van der Waals surface area contributed by atoms with Gasteiger partial charge in [-0.2, -0.15) is 0 Å². The largest absolute Gasteiger partial charge is 0.432 e. The predicted molar refractivity (Wildman–Crippen MR) is 44.9 cm³/mol. The minimum Gasteiger partial charge on any atom is -0.432 e. The fourth-order valence-electron chi connectivity index (χ4n) is 0.491. The van der Waals surface area contributed by atoms with Gasteiger partial charge in [-0.3, -0.25) is 0 Å². The van der Waals surface area contributed by atoms with Gasteiger partial charge in [0.05, 0.1) is 6.26 Å². The monoisotopic (exact) mass is 154 g/mol.